The summed E-state index contributed by atoms with van der Waals surface area (Å²) in [4.78, 5) is 12.4. The predicted octanol–water partition coefficient (Wildman–Crippen LogP) is 1.96. The highest BCUT2D eigenvalue weighted by Gasteiger charge is 2.12. The van der Waals surface area contributed by atoms with Gasteiger partial charge in [0, 0.05) is 0 Å². The SMILES string of the molecule is C=CCc1ccccc1OCC(O)Cn1nnc2ccccc2c1=O. The molecule has 1 atom stereocenters. The van der Waals surface area contributed by atoms with Gasteiger partial charge in [-0.2, -0.15) is 0 Å². The van der Waals surface area contributed by atoms with Crippen LogP contribution < -0.4 is 10.3 Å². The van der Waals surface area contributed by atoms with Crippen molar-refractivity contribution >= 4 is 10.9 Å². The van der Waals surface area contributed by atoms with Gasteiger partial charge in [-0.15, -0.1) is 11.7 Å². The van der Waals surface area contributed by atoms with E-state index in [1.54, 1.807) is 30.3 Å². The molecule has 1 unspecified atom stereocenters. The largest absolute Gasteiger partial charge is 0.491 e. The Morgan fingerprint density at radius 1 is 1.20 bits per heavy atom. The molecular formula is C19H19N3O3. The number of nitrogens with zero attached hydrogens (tertiary/aromatic N) is 3. The number of hydrogen-bond acceptors (Lipinski definition) is 5. The zero-order valence-electron chi connectivity index (χ0n) is 13.7. The molecule has 128 valence electrons. The van der Waals surface area contributed by atoms with E-state index >= 15 is 0 Å². The summed E-state index contributed by atoms with van der Waals surface area (Å²) in [5, 5.41) is 18.6. The molecule has 0 radical (unpaired) electrons. The Balaban J connectivity index is 1.69. The third-order valence-corrected chi connectivity index (χ3v) is 3.78. The Morgan fingerprint density at radius 2 is 1.96 bits per heavy atom. The fourth-order valence-electron chi connectivity index (χ4n) is 2.55. The minimum Gasteiger partial charge on any atom is -0.491 e. The number of para-hydroxylation sites is 1. The Hall–Kier alpha value is -2.99. The lowest BCUT2D eigenvalue weighted by Gasteiger charge is -2.15. The second-order valence-electron chi connectivity index (χ2n) is 5.66. The first-order chi connectivity index (χ1) is 12.2. The Labute approximate surface area is 145 Å². The smallest absolute Gasteiger partial charge is 0.277 e. The first kappa shape index (κ1) is 16.9. The zero-order valence-corrected chi connectivity index (χ0v) is 13.7. The fourth-order valence-corrected chi connectivity index (χ4v) is 2.55. The van der Waals surface area contributed by atoms with E-state index < -0.39 is 6.10 Å². The van der Waals surface area contributed by atoms with Gasteiger partial charge < -0.3 is 9.84 Å². The molecule has 6 nitrogen and oxygen atoms in total. The quantitative estimate of drug-likeness (QED) is 0.667. The second kappa shape index (κ2) is 7.72. The highest BCUT2D eigenvalue weighted by Crippen LogP contribution is 2.19. The van der Waals surface area contributed by atoms with E-state index in [1.165, 1.54) is 0 Å². The lowest BCUT2D eigenvalue weighted by molar-refractivity contribution is 0.0869. The molecule has 0 spiro atoms. The summed E-state index contributed by atoms with van der Waals surface area (Å²) in [6.07, 6.45) is 1.59. The van der Waals surface area contributed by atoms with Crippen molar-refractivity contribution in [3.8, 4) is 5.75 Å². The normalized spacial score (nSPS) is 12.0. The van der Waals surface area contributed by atoms with Crippen LogP contribution in [0.4, 0.5) is 0 Å². The highest BCUT2D eigenvalue weighted by molar-refractivity contribution is 5.76. The molecule has 0 aliphatic heterocycles. The average molecular weight is 337 g/mol. The van der Waals surface area contributed by atoms with Crippen molar-refractivity contribution in [2.45, 2.75) is 19.1 Å². The maximum atomic E-state index is 12.4. The minimum absolute atomic E-state index is 0.0142. The Morgan fingerprint density at radius 3 is 2.80 bits per heavy atom. The third-order valence-electron chi connectivity index (χ3n) is 3.78. The molecule has 1 aromatic heterocycles. The fraction of sp³-hybridized carbons (Fsp3) is 0.211. The first-order valence-electron chi connectivity index (χ1n) is 8.01. The van der Waals surface area contributed by atoms with Gasteiger partial charge >= 0.3 is 0 Å². The van der Waals surface area contributed by atoms with Gasteiger partial charge in [0.2, 0.25) is 0 Å². The van der Waals surface area contributed by atoms with Crippen molar-refractivity contribution in [1.29, 1.82) is 0 Å². The number of allylic oxidation sites excluding steroid dienone is 1. The van der Waals surface area contributed by atoms with E-state index in [0.29, 0.717) is 23.1 Å². The summed E-state index contributed by atoms with van der Waals surface area (Å²) in [7, 11) is 0. The number of aliphatic hydroxyl groups is 1. The Bertz CT molecular complexity index is 936. The molecule has 0 aliphatic rings. The molecule has 0 fully saturated rings. The van der Waals surface area contributed by atoms with Gasteiger partial charge in [0.05, 0.1) is 11.9 Å². The zero-order chi connectivity index (χ0) is 17.6. The summed E-state index contributed by atoms with van der Waals surface area (Å²) in [5.74, 6) is 0.693. The average Bonchev–Trinajstić information content (AvgIpc) is 2.64. The van der Waals surface area contributed by atoms with Crippen LogP contribution in [0.25, 0.3) is 10.9 Å². The van der Waals surface area contributed by atoms with Gasteiger partial charge in [-0.3, -0.25) is 4.79 Å². The molecule has 3 rings (SSSR count). The predicted molar refractivity (Wildman–Crippen MR) is 95.6 cm³/mol. The van der Waals surface area contributed by atoms with Crippen molar-refractivity contribution in [2.75, 3.05) is 6.61 Å². The topological polar surface area (TPSA) is 77.2 Å². The molecular weight excluding hydrogens is 318 g/mol. The van der Waals surface area contributed by atoms with Crippen LogP contribution >= 0.6 is 0 Å². The lowest BCUT2D eigenvalue weighted by atomic mass is 10.1. The molecule has 2 aromatic carbocycles. The number of benzene rings is 2. The first-order valence-corrected chi connectivity index (χ1v) is 8.01. The maximum absolute atomic E-state index is 12.4. The van der Waals surface area contributed by atoms with E-state index in [-0.39, 0.29) is 18.7 Å². The number of aliphatic hydroxyl groups excluding tert-OH is 1. The van der Waals surface area contributed by atoms with Crippen molar-refractivity contribution < 1.29 is 9.84 Å². The van der Waals surface area contributed by atoms with Crippen LogP contribution in [0.15, 0.2) is 66.0 Å². The number of ether oxygens (including phenoxy) is 1. The van der Waals surface area contributed by atoms with Gasteiger partial charge in [-0.1, -0.05) is 41.6 Å². The molecule has 0 aliphatic carbocycles. The van der Waals surface area contributed by atoms with Crippen LogP contribution in [0.2, 0.25) is 0 Å². The lowest BCUT2D eigenvalue weighted by Crippen LogP contribution is -2.32. The molecule has 6 heteroatoms. The standard InChI is InChI=1S/C19H19N3O3/c1-2-7-14-8-3-6-11-18(14)25-13-15(23)12-22-19(24)16-9-4-5-10-17(16)20-21-22/h2-6,8-11,15,23H,1,7,12-13H2. The van der Waals surface area contributed by atoms with Crippen LogP contribution in [0.1, 0.15) is 5.56 Å². The van der Waals surface area contributed by atoms with Gasteiger partial charge in [0.15, 0.2) is 0 Å². The molecule has 0 bridgehead atoms. The van der Waals surface area contributed by atoms with Crippen molar-refractivity contribution in [1.82, 2.24) is 15.0 Å². The summed E-state index contributed by atoms with van der Waals surface area (Å²) in [5.41, 5.74) is 1.25. The molecule has 0 saturated carbocycles. The van der Waals surface area contributed by atoms with Crippen LogP contribution in [-0.4, -0.2) is 32.8 Å². The van der Waals surface area contributed by atoms with Gasteiger partial charge in [-0.25, -0.2) is 4.68 Å². The van der Waals surface area contributed by atoms with Crippen LogP contribution in [0.5, 0.6) is 5.75 Å². The van der Waals surface area contributed by atoms with Crippen molar-refractivity contribution in [2.24, 2.45) is 0 Å². The van der Waals surface area contributed by atoms with E-state index in [9.17, 15) is 9.90 Å². The summed E-state index contributed by atoms with van der Waals surface area (Å²) < 4.78 is 6.85. The monoisotopic (exact) mass is 337 g/mol. The second-order valence-corrected chi connectivity index (χ2v) is 5.66. The highest BCUT2D eigenvalue weighted by atomic mass is 16.5. The van der Waals surface area contributed by atoms with Crippen LogP contribution in [0.3, 0.4) is 0 Å². The molecule has 25 heavy (non-hydrogen) atoms. The molecule has 1 heterocycles. The van der Waals surface area contributed by atoms with E-state index in [0.717, 1.165) is 10.2 Å². The van der Waals surface area contributed by atoms with Crippen molar-refractivity contribution in [3.63, 3.8) is 0 Å². The van der Waals surface area contributed by atoms with Gasteiger partial charge in [0.1, 0.15) is 24.0 Å². The van der Waals surface area contributed by atoms with Gasteiger partial charge in [0.25, 0.3) is 5.56 Å². The third kappa shape index (κ3) is 3.92. The van der Waals surface area contributed by atoms with E-state index in [2.05, 4.69) is 16.9 Å². The maximum Gasteiger partial charge on any atom is 0.277 e. The number of aromatic nitrogens is 3. The molecule has 1 N–H and O–H groups in total. The van der Waals surface area contributed by atoms with Crippen molar-refractivity contribution in [3.05, 3.63) is 77.1 Å². The minimum atomic E-state index is -0.884. The molecule has 0 amide bonds. The summed E-state index contributed by atoms with van der Waals surface area (Å²) in [6, 6.07) is 14.6. The summed E-state index contributed by atoms with van der Waals surface area (Å²) in [6.45, 7) is 3.79. The molecule has 0 saturated heterocycles. The van der Waals surface area contributed by atoms with Crippen LogP contribution in [0, 0.1) is 0 Å². The van der Waals surface area contributed by atoms with Crippen LogP contribution in [-0.2, 0) is 13.0 Å². The Kier molecular flexibility index (Phi) is 5.20. The van der Waals surface area contributed by atoms with Gasteiger partial charge in [-0.05, 0) is 30.2 Å². The van der Waals surface area contributed by atoms with E-state index in [1.807, 2.05) is 24.3 Å². The molecule has 3 aromatic rings. The number of hydrogen-bond donors (Lipinski definition) is 1. The van der Waals surface area contributed by atoms with E-state index in [4.69, 9.17) is 4.74 Å². The summed E-state index contributed by atoms with van der Waals surface area (Å²) >= 11 is 0. The number of fused-ring (bicyclic) bond motifs is 1. The number of rotatable bonds is 7.